The van der Waals surface area contributed by atoms with Crippen LogP contribution in [0.15, 0.2) is 30.3 Å². The maximum atomic E-state index is 12.4. The van der Waals surface area contributed by atoms with E-state index >= 15 is 0 Å². The summed E-state index contributed by atoms with van der Waals surface area (Å²) in [7, 11) is 1.63. The Balaban J connectivity index is 1.82. The maximum absolute atomic E-state index is 12.4. The van der Waals surface area contributed by atoms with E-state index in [2.05, 4.69) is 12.2 Å². The molecule has 0 saturated carbocycles. The number of hydrogen-bond acceptors (Lipinski definition) is 5. The van der Waals surface area contributed by atoms with Crippen molar-refractivity contribution in [2.24, 2.45) is 0 Å². The summed E-state index contributed by atoms with van der Waals surface area (Å²) in [6.07, 6.45) is 1.22. The fourth-order valence-corrected chi connectivity index (χ4v) is 3.60. The predicted octanol–water partition coefficient (Wildman–Crippen LogP) is 3.73. The van der Waals surface area contributed by atoms with Crippen LogP contribution in [-0.2, 0) is 4.79 Å². The van der Waals surface area contributed by atoms with E-state index < -0.39 is 0 Å². The van der Waals surface area contributed by atoms with Crippen molar-refractivity contribution in [1.82, 2.24) is 0 Å². The van der Waals surface area contributed by atoms with Gasteiger partial charge in [0.2, 0.25) is 5.91 Å². The lowest BCUT2D eigenvalue weighted by molar-refractivity contribution is -0.116. The molecule has 2 aromatic carbocycles. The number of rotatable bonds is 5. The van der Waals surface area contributed by atoms with Crippen LogP contribution in [0.3, 0.4) is 0 Å². The minimum atomic E-state index is -0.147. The smallest absolute Gasteiger partial charge is 0.225 e. The van der Waals surface area contributed by atoms with Crippen molar-refractivity contribution in [3.63, 3.8) is 0 Å². The Kier molecular flexibility index (Phi) is 4.79. The van der Waals surface area contributed by atoms with Crippen LogP contribution in [0.4, 0.5) is 5.69 Å². The second-order valence-corrected chi connectivity index (χ2v) is 6.62. The number of carbonyl (C=O) groups excluding carboxylic acids is 1. The lowest BCUT2D eigenvalue weighted by atomic mass is 9.84. The summed E-state index contributed by atoms with van der Waals surface area (Å²) in [4.78, 5) is 12.4. The summed E-state index contributed by atoms with van der Waals surface area (Å²) in [5, 5.41) is 2.95. The largest absolute Gasteiger partial charge is 0.493 e. The van der Waals surface area contributed by atoms with Crippen LogP contribution in [-0.4, -0.2) is 32.8 Å². The Morgan fingerprint density at radius 2 is 1.93 bits per heavy atom. The van der Waals surface area contributed by atoms with Crippen molar-refractivity contribution in [2.75, 3.05) is 32.2 Å². The number of benzene rings is 2. The monoisotopic (exact) mass is 369 g/mol. The molecule has 2 aliphatic heterocycles. The summed E-state index contributed by atoms with van der Waals surface area (Å²) in [5.41, 5.74) is 2.69. The van der Waals surface area contributed by atoms with Crippen molar-refractivity contribution in [3.05, 3.63) is 41.5 Å². The van der Waals surface area contributed by atoms with Crippen LogP contribution < -0.4 is 24.3 Å². The van der Waals surface area contributed by atoms with E-state index in [0.29, 0.717) is 49.2 Å². The molecule has 0 aromatic heterocycles. The van der Waals surface area contributed by atoms with Crippen molar-refractivity contribution in [2.45, 2.75) is 25.7 Å². The van der Waals surface area contributed by atoms with Gasteiger partial charge in [-0.3, -0.25) is 4.79 Å². The van der Waals surface area contributed by atoms with Gasteiger partial charge in [-0.15, -0.1) is 0 Å². The number of fused-ring (bicyclic) bond motifs is 2. The Labute approximate surface area is 158 Å². The molecular weight excluding hydrogens is 346 g/mol. The van der Waals surface area contributed by atoms with Gasteiger partial charge in [0.15, 0.2) is 23.0 Å². The Morgan fingerprint density at radius 3 is 2.67 bits per heavy atom. The lowest BCUT2D eigenvalue weighted by Gasteiger charge is -2.30. The Bertz CT molecular complexity index is 864. The molecule has 6 nitrogen and oxygen atoms in total. The van der Waals surface area contributed by atoms with E-state index in [0.717, 1.165) is 23.2 Å². The van der Waals surface area contributed by atoms with Crippen molar-refractivity contribution in [1.29, 1.82) is 0 Å². The quantitative estimate of drug-likeness (QED) is 0.870. The molecule has 0 bridgehead atoms. The first kappa shape index (κ1) is 17.5. The van der Waals surface area contributed by atoms with Gasteiger partial charge in [-0.05, 0) is 24.1 Å². The van der Waals surface area contributed by atoms with Crippen molar-refractivity contribution >= 4 is 11.6 Å². The average Bonchev–Trinajstić information content (AvgIpc) is 2.70. The van der Waals surface area contributed by atoms with E-state index in [9.17, 15) is 4.79 Å². The molecule has 2 aliphatic rings. The number of amides is 1. The van der Waals surface area contributed by atoms with Crippen molar-refractivity contribution < 1.29 is 23.7 Å². The summed E-state index contributed by atoms with van der Waals surface area (Å²) in [6, 6.07) is 9.62. The van der Waals surface area contributed by atoms with Gasteiger partial charge in [-0.2, -0.15) is 0 Å². The molecule has 2 aromatic rings. The second kappa shape index (κ2) is 7.39. The summed E-state index contributed by atoms with van der Waals surface area (Å²) in [6.45, 7) is 3.67. The Hall–Kier alpha value is -2.89. The van der Waals surface area contributed by atoms with Crippen LogP contribution in [0, 0.1) is 0 Å². The molecule has 4 rings (SSSR count). The minimum absolute atomic E-state index is 0.0339. The minimum Gasteiger partial charge on any atom is -0.493 e. The molecular formula is C21H23NO5. The third kappa shape index (κ3) is 3.27. The Morgan fingerprint density at radius 1 is 1.15 bits per heavy atom. The van der Waals surface area contributed by atoms with Crippen molar-refractivity contribution in [3.8, 4) is 23.0 Å². The molecule has 0 fully saturated rings. The van der Waals surface area contributed by atoms with E-state index in [-0.39, 0.29) is 11.8 Å². The van der Waals surface area contributed by atoms with E-state index in [1.165, 1.54) is 0 Å². The zero-order valence-electron chi connectivity index (χ0n) is 15.5. The molecule has 27 heavy (non-hydrogen) atoms. The number of para-hydroxylation sites is 1. The number of hydrogen-bond donors (Lipinski definition) is 1. The van der Waals surface area contributed by atoms with Crippen LogP contribution >= 0.6 is 0 Å². The number of carbonyl (C=O) groups is 1. The van der Waals surface area contributed by atoms with Gasteiger partial charge in [0, 0.05) is 29.7 Å². The molecule has 0 radical (unpaired) electrons. The highest BCUT2D eigenvalue weighted by Crippen LogP contribution is 2.47. The van der Waals surface area contributed by atoms with Gasteiger partial charge in [-0.25, -0.2) is 0 Å². The third-order valence-corrected chi connectivity index (χ3v) is 4.81. The molecule has 1 amide bonds. The molecule has 0 spiro atoms. The van der Waals surface area contributed by atoms with Gasteiger partial charge < -0.3 is 24.3 Å². The first-order valence-electron chi connectivity index (χ1n) is 9.24. The number of ether oxygens (including phenoxy) is 4. The van der Waals surface area contributed by atoms with Gasteiger partial charge in [0.05, 0.1) is 13.7 Å². The van der Waals surface area contributed by atoms with Gasteiger partial charge in [-0.1, -0.05) is 19.1 Å². The molecule has 142 valence electrons. The molecule has 1 N–H and O–H groups in total. The predicted molar refractivity (Wildman–Crippen MR) is 101 cm³/mol. The third-order valence-electron chi connectivity index (χ3n) is 4.81. The lowest BCUT2D eigenvalue weighted by Crippen LogP contribution is -2.25. The standard InChI is InChI=1S/C21H23NO5/c1-3-7-27-21-13(5-4-6-17(21)24-2)14-11-20(23)22-16-12-19-18(10-15(14)16)25-8-9-26-19/h4-6,10,12,14H,3,7-9,11H2,1-2H3,(H,22,23)/t14-/m0/s1. The highest BCUT2D eigenvalue weighted by atomic mass is 16.6. The van der Waals surface area contributed by atoms with Crippen LogP contribution in [0.1, 0.15) is 36.8 Å². The number of anilines is 1. The van der Waals surface area contributed by atoms with Crippen LogP contribution in [0.2, 0.25) is 0 Å². The topological polar surface area (TPSA) is 66.0 Å². The molecule has 6 heteroatoms. The van der Waals surface area contributed by atoms with Gasteiger partial charge in [0.1, 0.15) is 13.2 Å². The SMILES string of the molecule is CCCOc1c(OC)cccc1[C@@H]1CC(=O)Nc2cc3c(cc21)OCCO3. The first-order valence-corrected chi connectivity index (χ1v) is 9.24. The molecule has 0 aliphatic carbocycles. The van der Waals surface area contributed by atoms with E-state index in [1.54, 1.807) is 7.11 Å². The summed E-state index contributed by atoms with van der Waals surface area (Å²) in [5.74, 6) is 2.56. The van der Waals surface area contributed by atoms with E-state index in [4.69, 9.17) is 18.9 Å². The molecule has 0 unspecified atom stereocenters. The fraction of sp³-hybridized carbons (Fsp3) is 0.381. The van der Waals surface area contributed by atoms with Crippen LogP contribution in [0.5, 0.6) is 23.0 Å². The van der Waals surface area contributed by atoms with E-state index in [1.807, 2.05) is 30.3 Å². The van der Waals surface area contributed by atoms with Gasteiger partial charge in [0.25, 0.3) is 0 Å². The molecule has 0 saturated heterocycles. The number of methoxy groups -OCH3 is 1. The highest BCUT2D eigenvalue weighted by molar-refractivity contribution is 5.96. The average molecular weight is 369 g/mol. The summed E-state index contributed by atoms with van der Waals surface area (Å²) >= 11 is 0. The number of nitrogens with one attached hydrogen (secondary N) is 1. The second-order valence-electron chi connectivity index (χ2n) is 6.62. The molecule has 2 heterocycles. The zero-order valence-corrected chi connectivity index (χ0v) is 15.5. The highest BCUT2D eigenvalue weighted by Gasteiger charge is 2.32. The maximum Gasteiger partial charge on any atom is 0.225 e. The normalized spacial score (nSPS) is 17.7. The van der Waals surface area contributed by atoms with Crippen LogP contribution in [0.25, 0.3) is 0 Å². The van der Waals surface area contributed by atoms with Gasteiger partial charge >= 0.3 is 0 Å². The zero-order chi connectivity index (χ0) is 18.8. The molecule has 1 atom stereocenters. The summed E-state index contributed by atoms with van der Waals surface area (Å²) < 4.78 is 22.9. The first-order chi connectivity index (χ1) is 13.2. The fourth-order valence-electron chi connectivity index (χ4n) is 3.60.